The first kappa shape index (κ1) is 29.0. The second-order valence-electron chi connectivity index (χ2n) is 10.3. The van der Waals surface area contributed by atoms with Crippen molar-refractivity contribution in [2.24, 2.45) is 0 Å². The molecule has 1 aliphatic rings. The van der Waals surface area contributed by atoms with Crippen LogP contribution in [0.15, 0.2) is 114 Å². The van der Waals surface area contributed by atoms with E-state index in [1.807, 2.05) is 49.4 Å². The first-order valence-electron chi connectivity index (χ1n) is 13.7. The van der Waals surface area contributed by atoms with Gasteiger partial charge in [-0.2, -0.15) is 4.31 Å². The van der Waals surface area contributed by atoms with E-state index in [9.17, 15) is 13.2 Å². The molecule has 0 aliphatic carbocycles. The van der Waals surface area contributed by atoms with Crippen LogP contribution in [0, 0.1) is 6.92 Å². The van der Waals surface area contributed by atoms with E-state index < -0.39 is 10.0 Å². The summed E-state index contributed by atoms with van der Waals surface area (Å²) in [7, 11) is -3.95. The molecule has 0 atom stereocenters. The largest absolute Gasteiger partial charge is 0.339 e. The predicted molar refractivity (Wildman–Crippen MR) is 163 cm³/mol. The van der Waals surface area contributed by atoms with E-state index in [0.29, 0.717) is 36.8 Å². The van der Waals surface area contributed by atoms with Gasteiger partial charge in [-0.25, -0.2) is 8.42 Å². The number of aryl methyl sites for hydroxylation is 1. The van der Waals surface area contributed by atoms with Gasteiger partial charge >= 0.3 is 0 Å². The summed E-state index contributed by atoms with van der Waals surface area (Å²) < 4.78 is 28.7. The average molecular weight is 588 g/mol. The molecule has 0 radical (unpaired) electrons. The second kappa shape index (κ2) is 13.0. The lowest BCUT2D eigenvalue weighted by Gasteiger charge is -2.40. The molecular formula is C33H34ClN3O3S. The summed E-state index contributed by atoms with van der Waals surface area (Å²) >= 11 is 6.39. The summed E-state index contributed by atoms with van der Waals surface area (Å²) in [5.74, 6) is -0.219. The van der Waals surface area contributed by atoms with Crippen LogP contribution in [0.3, 0.4) is 0 Å². The summed E-state index contributed by atoms with van der Waals surface area (Å²) in [4.78, 5) is 17.9. The van der Waals surface area contributed by atoms with Gasteiger partial charge in [-0.3, -0.25) is 9.69 Å². The molecule has 41 heavy (non-hydrogen) atoms. The fourth-order valence-electron chi connectivity index (χ4n) is 5.27. The number of carbonyl (C=O) groups is 1. The Hall–Kier alpha value is -3.49. The molecule has 1 saturated heterocycles. The Morgan fingerprint density at radius 2 is 1.32 bits per heavy atom. The third kappa shape index (κ3) is 6.88. The summed E-state index contributed by atoms with van der Waals surface area (Å²) in [5.41, 5.74) is 4.01. The van der Waals surface area contributed by atoms with Crippen LogP contribution in [0.2, 0.25) is 5.02 Å². The van der Waals surface area contributed by atoms with Crippen LogP contribution in [-0.2, 0) is 21.4 Å². The number of nitrogens with zero attached hydrogens (tertiary/aromatic N) is 3. The average Bonchev–Trinajstić information content (AvgIpc) is 2.99. The van der Waals surface area contributed by atoms with Crippen molar-refractivity contribution in [2.75, 3.05) is 32.7 Å². The van der Waals surface area contributed by atoms with E-state index in [0.717, 1.165) is 5.56 Å². The molecule has 6 nitrogen and oxygen atoms in total. The first-order valence-corrected chi connectivity index (χ1v) is 15.6. The Kier molecular flexibility index (Phi) is 9.20. The van der Waals surface area contributed by atoms with Crippen LogP contribution in [0.1, 0.15) is 28.3 Å². The highest BCUT2D eigenvalue weighted by molar-refractivity contribution is 7.89. The van der Waals surface area contributed by atoms with Gasteiger partial charge in [-0.05, 0) is 41.8 Å². The lowest BCUT2D eigenvalue weighted by atomic mass is 9.96. The molecule has 0 unspecified atom stereocenters. The van der Waals surface area contributed by atoms with Crippen LogP contribution in [-0.4, -0.2) is 61.2 Å². The molecule has 1 heterocycles. The fraction of sp³-hybridized carbons (Fsp3) is 0.242. The van der Waals surface area contributed by atoms with E-state index >= 15 is 0 Å². The Bertz CT molecular complexity index is 1520. The standard InChI is InChI=1S/C33H34ClN3O3S/c1-26-16-18-30(19-17-26)41(39,40)37(24-29-14-8-9-15-31(29)34)25-32(38)35-20-22-36(23-21-35)33(27-10-4-2-5-11-27)28-12-6-3-7-13-28/h2-19,33H,20-25H2,1H3. The smallest absolute Gasteiger partial charge is 0.243 e. The summed E-state index contributed by atoms with van der Waals surface area (Å²) in [5, 5.41) is 0.463. The molecule has 1 fully saturated rings. The number of sulfonamides is 1. The first-order chi connectivity index (χ1) is 19.8. The van der Waals surface area contributed by atoms with Gasteiger partial charge in [0.1, 0.15) is 0 Å². The molecule has 212 valence electrons. The molecule has 1 aliphatic heterocycles. The van der Waals surface area contributed by atoms with Gasteiger partial charge in [0.25, 0.3) is 0 Å². The van der Waals surface area contributed by atoms with Crippen LogP contribution in [0.5, 0.6) is 0 Å². The highest BCUT2D eigenvalue weighted by Gasteiger charge is 2.32. The SMILES string of the molecule is Cc1ccc(S(=O)(=O)N(CC(=O)N2CCN(C(c3ccccc3)c3ccccc3)CC2)Cc2ccccc2Cl)cc1. The number of rotatable bonds is 9. The van der Waals surface area contributed by atoms with Crippen molar-refractivity contribution >= 4 is 27.5 Å². The molecule has 5 rings (SSSR count). The lowest BCUT2D eigenvalue weighted by Crippen LogP contribution is -2.52. The Morgan fingerprint density at radius 1 is 0.780 bits per heavy atom. The third-order valence-electron chi connectivity index (χ3n) is 7.54. The minimum absolute atomic E-state index is 0.00563. The predicted octanol–water partition coefficient (Wildman–Crippen LogP) is 5.77. The van der Waals surface area contributed by atoms with Crippen molar-refractivity contribution in [2.45, 2.75) is 24.4 Å². The van der Waals surface area contributed by atoms with Crippen LogP contribution >= 0.6 is 11.6 Å². The normalized spacial score (nSPS) is 14.5. The van der Waals surface area contributed by atoms with Gasteiger partial charge in [-0.15, -0.1) is 0 Å². The van der Waals surface area contributed by atoms with E-state index in [-0.39, 0.29) is 29.9 Å². The van der Waals surface area contributed by atoms with Crippen molar-refractivity contribution in [1.82, 2.24) is 14.1 Å². The third-order valence-corrected chi connectivity index (χ3v) is 9.71. The molecular weight excluding hydrogens is 554 g/mol. The molecule has 4 aromatic rings. The van der Waals surface area contributed by atoms with Crippen molar-refractivity contribution in [3.63, 3.8) is 0 Å². The van der Waals surface area contributed by atoms with Crippen LogP contribution in [0.4, 0.5) is 0 Å². The maximum atomic E-state index is 13.7. The quantitative estimate of drug-likeness (QED) is 0.249. The molecule has 4 aromatic carbocycles. The van der Waals surface area contributed by atoms with Gasteiger partial charge < -0.3 is 4.90 Å². The number of hydrogen-bond acceptors (Lipinski definition) is 4. The number of carbonyl (C=O) groups excluding carboxylic acids is 1. The molecule has 0 saturated carbocycles. The Balaban J connectivity index is 1.33. The summed E-state index contributed by atoms with van der Waals surface area (Å²) in [6.07, 6.45) is 0. The van der Waals surface area contributed by atoms with Crippen LogP contribution in [0.25, 0.3) is 0 Å². The van der Waals surface area contributed by atoms with E-state index in [4.69, 9.17) is 11.6 Å². The second-order valence-corrected chi connectivity index (χ2v) is 12.7. The summed E-state index contributed by atoms with van der Waals surface area (Å²) in [6.45, 7) is 4.03. The van der Waals surface area contributed by atoms with Gasteiger partial charge in [0, 0.05) is 37.7 Å². The summed E-state index contributed by atoms with van der Waals surface area (Å²) in [6, 6.07) is 34.7. The minimum Gasteiger partial charge on any atom is -0.339 e. The van der Waals surface area contributed by atoms with Crippen molar-refractivity contribution in [3.05, 3.63) is 136 Å². The zero-order chi connectivity index (χ0) is 28.8. The Labute approximate surface area is 247 Å². The van der Waals surface area contributed by atoms with Crippen molar-refractivity contribution in [3.8, 4) is 0 Å². The monoisotopic (exact) mass is 587 g/mol. The van der Waals surface area contributed by atoms with Gasteiger partial charge in [0.15, 0.2) is 0 Å². The maximum Gasteiger partial charge on any atom is 0.243 e. The zero-order valence-electron chi connectivity index (χ0n) is 23.1. The minimum atomic E-state index is -3.95. The highest BCUT2D eigenvalue weighted by atomic mass is 35.5. The van der Waals surface area contributed by atoms with Crippen LogP contribution < -0.4 is 0 Å². The molecule has 1 amide bonds. The Morgan fingerprint density at radius 3 is 1.88 bits per heavy atom. The topological polar surface area (TPSA) is 60.9 Å². The molecule has 0 bridgehead atoms. The molecule has 0 aromatic heterocycles. The van der Waals surface area contributed by atoms with Gasteiger partial charge in [0.05, 0.1) is 17.5 Å². The number of benzene rings is 4. The number of piperazine rings is 1. The van der Waals surface area contributed by atoms with Crippen molar-refractivity contribution < 1.29 is 13.2 Å². The number of amides is 1. The molecule has 8 heteroatoms. The lowest BCUT2D eigenvalue weighted by molar-refractivity contribution is -0.133. The van der Waals surface area contributed by atoms with E-state index in [2.05, 4.69) is 29.2 Å². The highest BCUT2D eigenvalue weighted by Crippen LogP contribution is 2.30. The number of hydrogen-bond donors (Lipinski definition) is 0. The zero-order valence-corrected chi connectivity index (χ0v) is 24.6. The van der Waals surface area contributed by atoms with Crippen molar-refractivity contribution in [1.29, 1.82) is 0 Å². The fourth-order valence-corrected chi connectivity index (χ4v) is 6.83. The van der Waals surface area contributed by atoms with E-state index in [1.54, 1.807) is 47.4 Å². The van der Waals surface area contributed by atoms with Gasteiger partial charge in [0.2, 0.25) is 15.9 Å². The molecule has 0 spiro atoms. The maximum absolute atomic E-state index is 13.7. The van der Waals surface area contributed by atoms with E-state index in [1.165, 1.54) is 15.4 Å². The molecule has 0 N–H and O–H groups in total. The van der Waals surface area contributed by atoms with Gasteiger partial charge in [-0.1, -0.05) is 108 Å². The number of halogens is 1.